The fourth-order valence-electron chi connectivity index (χ4n) is 2.01. The molecule has 0 aromatic heterocycles. The summed E-state index contributed by atoms with van der Waals surface area (Å²) in [7, 11) is 0. The molecule has 4 atom stereocenters. The first kappa shape index (κ1) is 23.6. The van der Waals surface area contributed by atoms with Gasteiger partial charge in [0, 0.05) is 0 Å². The van der Waals surface area contributed by atoms with Gasteiger partial charge in [-0.2, -0.15) is 11.8 Å². The maximum absolute atomic E-state index is 12.4. The molecule has 0 saturated heterocycles. The normalized spacial score (nSPS) is 15.7. The molecule has 0 rings (SSSR count). The molecule has 25 heavy (non-hydrogen) atoms. The van der Waals surface area contributed by atoms with Crippen LogP contribution in [0.2, 0.25) is 0 Å². The number of amides is 2. The molecular weight excluding hydrogens is 348 g/mol. The molecular formula is C15H30N4O5S. The van der Waals surface area contributed by atoms with Crippen LogP contribution in [0.4, 0.5) is 0 Å². The van der Waals surface area contributed by atoms with E-state index < -0.39 is 42.0 Å². The molecule has 0 saturated carbocycles. The molecule has 9 nitrogen and oxygen atoms in total. The number of carbonyl (C=O) groups excluding carboxylic acids is 2. The van der Waals surface area contributed by atoms with Gasteiger partial charge in [-0.3, -0.25) is 9.59 Å². The van der Waals surface area contributed by atoms with Crippen LogP contribution in [0.15, 0.2) is 0 Å². The predicted octanol–water partition coefficient (Wildman–Crippen LogP) is -1.37. The third kappa shape index (κ3) is 9.63. The Kier molecular flexibility index (Phi) is 12.2. The molecule has 0 heterocycles. The van der Waals surface area contributed by atoms with Crippen molar-refractivity contribution in [2.75, 3.05) is 18.6 Å². The third-order valence-corrected chi connectivity index (χ3v) is 4.27. The summed E-state index contributed by atoms with van der Waals surface area (Å²) in [5, 5.41) is 23.5. The molecule has 0 spiro atoms. The van der Waals surface area contributed by atoms with Gasteiger partial charge in [0.15, 0.2) is 0 Å². The van der Waals surface area contributed by atoms with Gasteiger partial charge in [0.2, 0.25) is 11.8 Å². The van der Waals surface area contributed by atoms with Crippen molar-refractivity contribution >= 4 is 29.5 Å². The van der Waals surface area contributed by atoms with Crippen LogP contribution in [0.25, 0.3) is 0 Å². The van der Waals surface area contributed by atoms with Crippen LogP contribution in [0.3, 0.4) is 0 Å². The Balaban J connectivity index is 4.89. The summed E-state index contributed by atoms with van der Waals surface area (Å²) in [4.78, 5) is 35.7. The number of hydrogen-bond donors (Lipinski definition) is 6. The SMILES string of the molecule is CSCC[C@H](NC(=O)[C@@H](N)[C@@H](C)O)C(=O)N[C@@H](CCCCN)C(=O)O. The van der Waals surface area contributed by atoms with Crippen molar-refractivity contribution in [1.82, 2.24) is 10.6 Å². The van der Waals surface area contributed by atoms with Gasteiger partial charge in [-0.1, -0.05) is 0 Å². The third-order valence-electron chi connectivity index (χ3n) is 3.63. The molecule has 0 unspecified atom stereocenters. The van der Waals surface area contributed by atoms with Crippen LogP contribution < -0.4 is 22.1 Å². The van der Waals surface area contributed by atoms with Gasteiger partial charge in [-0.15, -0.1) is 0 Å². The van der Waals surface area contributed by atoms with E-state index in [9.17, 15) is 24.6 Å². The smallest absolute Gasteiger partial charge is 0.326 e. The lowest BCUT2D eigenvalue weighted by molar-refractivity contribution is -0.142. The van der Waals surface area contributed by atoms with E-state index in [4.69, 9.17) is 11.5 Å². The minimum atomic E-state index is -1.16. The van der Waals surface area contributed by atoms with Gasteiger partial charge >= 0.3 is 5.97 Å². The second kappa shape index (κ2) is 12.9. The van der Waals surface area contributed by atoms with Gasteiger partial charge in [0.05, 0.1) is 6.10 Å². The lowest BCUT2D eigenvalue weighted by Gasteiger charge is -2.23. The highest BCUT2D eigenvalue weighted by atomic mass is 32.2. The van der Waals surface area contributed by atoms with Crippen molar-refractivity contribution in [1.29, 1.82) is 0 Å². The summed E-state index contributed by atoms with van der Waals surface area (Å²) in [6.45, 7) is 1.82. The van der Waals surface area contributed by atoms with Crippen LogP contribution >= 0.6 is 11.8 Å². The number of nitrogens with two attached hydrogens (primary N) is 2. The van der Waals surface area contributed by atoms with Gasteiger partial charge in [0.1, 0.15) is 18.1 Å². The summed E-state index contributed by atoms with van der Waals surface area (Å²) in [5.74, 6) is -1.79. The minimum absolute atomic E-state index is 0.259. The number of rotatable bonds is 13. The van der Waals surface area contributed by atoms with Gasteiger partial charge in [-0.25, -0.2) is 4.79 Å². The van der Waals surface area contributed by atoms with Crippen molar-refractivity contribution in [3.63, 3.8) is 0 Å². The van der Waals surface area contributed by atoms with E-state index in [2.05, 4.69) is 10.6 Å². The average Bonchev–Trinajstić information content (AvgIpc) is 2.56. The monoisotopic (exact) mass is 378 g/mol. The van der Waals surface area contributed by atoms with Crippen LogP contribution in [0, 0.1) is 0 Å². The van der Waals surface area contributed by atoms with E-state index in [1.54, 1.807) is 0 Å². The number of carbonyl (C=O) groups is 3. The van der Waals surface area contributed by atoms with Crippen LogP contribution in [0.5, 0.6) is 0 Å². The molecule has 0 fully saturated rings. The second-order valence-electron chi connectivity index (χ2n) is 5.79. The molecule has 10 heteroatoms. The number of hydrogen-bond acceptors (Lipinski definition) is 7. The largest absolute Gasteiger partial charge is 0.480 e. The Bertz CT molecular complexity index is 436. The lowest BCUT2D eigenvalue weighted by atomic mass is 10.1. The standard InChI is InChI=1S/C15H30N4O5S/c1-9(20)12(17)14(22)18-10(6-8-25-2)13(21)19-11(15(23)24)5-3-4-7-16/h9-12,20H,3-8,16-17H2,1-2H3,(H,18,22)(H,19,21)(H,23,24)/t9-,10+,11+,12+/m1/s1. The summed E-state index contributed by atoms with van der Waals surface area (Å²) in [5.41, 5.74) is 10.9. The van der Waals surface area contributed by atoms with E-state index in [-0.39, 0.29) is 6.42 Å². The number of aliphatic carboxylic acids is 1. The topological polar surface area (TPSA) is 168 Å². The zero-order chi connectivity index (χ0) is 19.4. The van der Waals surface area contributed by atoms with Crippen molar-refractivity contribution in [3.05, 3.63) is 0 Å². The minimum Gasteiger partial charge on any atom is -0.480 e. The number of aliphatic hydroxyl groups is 1. The Morgan fingerprint density at radius 3 is 2.16 bits per heavy atom. The molecule has 8 N–H and O–H groups in total. The summed E-state index contributed by atoms with van der Waals surface area (Å²) in [6.07, 6.45) is 2.60. The summed E-state index contributed by atoms with van der Waals surface area (Å²) in [6, 6.07) is -3.12. The van der Waals surface area contributed by atoms with E-state index in [0.29, 0.717) is 31.6 Å². The van der Waals surface area contributed by atoms with Crippen LogP contribution in [-0.4, -0.2) is 70.8 Å². The summed E-state index contributed by atoms with van der Waals surface area (Å²) < 4.78 is 0. The van der Waals surface area contributed by atoms with Gasteiger partial charge in [0.25, 0.3) is 0 Å². The number of unbranched alkanes of at least 4 members (excludes halogenated alkanes) is 1. The number of thioether (sulfide) groups is 1. The molecule has 146 valence electrons. The van der Waals surface area contributed by atoms with Crippen molar-refractivity contribution in [2.45, 2.75) is 56.8 Å². The first-order valence-corrected chi connectivity index (χ1v) is 9.60. The highest BCUT2D eigenvalue weighted by molar-refractivity contribution is 7.98. The van der Waals surface area contributed by atoms with E-state index >= 15 is 0 Å². The van der Waals surface area contributed by atoms with E-state index in [1.807, 2.05) is 6.26 Å². The molecule has 0 aliphatic carbocycles. The van der Waals surface area contributed by atoms with E-state index in [1.165, 1.54) is 18.7 Å². The number of carboxylic acids is 1. The average molecular weight is 378 g/mol. The zero-order valence-electron chi connectivity index (χ0n) is 14.7. The van der Waals surface area contributed by atoms with Gasteiger partial charge < -0.3 is 32.3 Å². The molecule has 0 aliphatic rings. The van der Waals surface area contributed by atoms with E-state index in [0.717, 1.165) is 0 Å². The fourth-order valence-corrected chi connectivity index (χ4v) is 2.49. The predicted molar refractivity (Wildman–Crippen MR) is 97.1 cm³/mol. The molecule has 0 radical (unpaired) electrons. The first-order valence-electron chi connectivity index (χ1n) is 8.20. The maximum atomic E-state index is 12.4. The number of aliphatic hydroxyl groups excluding tert-OH is 1. The quantitative estimate of drug-likeness (QED) is 0.213. The lowest BCUT2D eigenvalue weighted by Crippen LogP contribution is -2.56. The van der Waals surface area contributed by atoms with Crippen LogP contribution in [0.1, 0.15) is 32.6 Å². The fraction of sp³-hybridized carbons (Fsp3) is 0.800. The Morgan fingerprint density at radius 2 is 1.68 bits per heavy atom. The Labute approximate surface area is 152 Å². The zero-order valence-corrected chi connectivity index (χ0v) is 15.6. The van der Waals surface area contributed by atoms with Crippen molar-refractivity contribution in [3.8, 4) is 0 Å². The Morgan fingerprint density at radius 1 is 1.08 bits per heavy atom. The highest BCUT2D eigenvalue weighted by Crippen LogP contribution is 2.05. The number of nitrogens with one attached hydrogen (secondary N) is 2. The first-order chi connectivity index (χ1) is 11.7. The molecule has 2 amide bonds. The van der Waals surface area contributed by atoms with Crippen molar-refractivity contribution in [2.24, 2.45) is 11.5 Å². The second-order valence-corrected chi connectivity index (χ2v) is 6.78. The highest BCUT2D eigenvalue weighted by Gasteiger charge is 2.28. The van der Waals surface area contributed by atoms with Gasteiger partial charge in [-0.05, 0) is 51.2 Å². The molecule has 0 bridgehead atoms. The Hall–Kier alpha value is -1.36. The molecule has 0 aromatic rings. The van der Waals surface area contributed by atoms with Crippen LogP contribution in [-0.2, 0) is 14.4 Å². The molecule has 0 aromatic carbocycles. The molecule has 0 aliphatic heterocycles. The summed E-state index contributed by atoms with van der Waals surface area (Å²) >= 11 is 1.49. The maximum Gasteiger partial charge on any atom is 0.326 e. The van der Waals surface area contributed by atoms with Crippen molar-refractivity contribution < 1.29 is 24.6 Å². The number of carboxylic acid groups (broad SMARTS) is 1.